The summed E-state index contributed by atoms with van der Waals surface area (Å²) >= 11 is 5.88. The van der Waals surface area contributed by atoms with E-state index < -0.39 is 11.9 Å². The molecule has 0 fully saturated rings. The molecule has 2 aromatic rings. The fourth-order valence-electron chi connectivity index (χ4n) is 2.07. The quantitative estimate of drug-likeness (QED) is 0.635. The van der Waals surface area contributed by atoms with Crippen LogP contribution in [0, 0.1) is 11.7 Å². The van der Waals surface area contributed by atoms with E-state index in [0.717, 1.165) is 6.07 Å². The van der Waals surface area contributed by atoms with E-state index >= 15 is 0 Å². The smallest absolute Gasteiger partial charge is 0.411 e. The van der Waals surface area contributed by atoms with Gasteiger partial charge >= 0.3 is 6.09 Å². The van der Waals surface area contributed by atoms with Crippen LogP contribution in [-0.4, -0.2) is 25.2 Å². The number of nitrogens with one attached hydrogen (secondary N) is 3. The summed E-state index contributed by atoms with van der Waals surface area (Å²) in [7, 11) is 0. The van der Waals surface area contributed by atoms with E-state index in [1.807, 2.05) is 13.8 Å². The Balaban J connectivity index is 1.86. The third-order valence-electron chi connectivity index (χ3n) is 3.32. The lowest BCUT2D eigenvalue weighted by atomic mass is 10.2. The van der Waals surface area contributed by atoms with Gasteiger partial charge in [-0.05, 0) is 42.3 Å². The van der Waals surface area contributed by atoms with Gasteiger partial charge in [0.05, 0.1) is 23.9 Å². The fourth-order valence-corrected chi connectivity index (χ4v) is 2.29. The maximum atomic E-state index is 13.0. The molecular formula is C19H21ClFN3O3. The van der Waals surface area contributed by atoms with Gasteiger partial charge in [0, 0.05) is 11.4 Å². The highest BCUT2D eigenvalue weighted by Crippen LogP contribution is 2.22. The molecule has 2 rings (SSSR count). The third kappa shape index (κ3) is 7.15. The van der Waals surface area contributed by atoms with Crippen molar-refractivity contribution in [2.24, 2.45) is 5.92 Å². The summed E-state index contributed by atoms with van der Waals surface area (Å²) in [5.41, 5.74) is 1.50. The summed E-state index contributed by atoms with van der Waals surface area (Å²) in [6.45, 7) is 4.19. The van der Waals surface area contributed by atoms with Crippen molar-refractivity contribution in [2.75, 3.05) is 29.1 Å². The minimum absolute atomic E-state index is 0.0328. The van der Waals surface area contributed by atoms with Crippen LogP contribution in [0.1, 0.15) is 13.8 Å². The Morgan fingerprint density at radius 1 is 1.11 bits per heavy atom. The Labute approximate surface area is 162 Å². The minimum Gasteiger partial charge on any atom is -0.449 e. The fraction of sp³-hybridized carbons (Fsp3) is 0.263. The average molecular weight is 394 g/mol. The largest absolute Gasteiger partial charge is 0.449 e. The second-order valence-electron chi connectivity index (χ2n) is 6.22. The average Bonchev–Trinajstić information content (AvgIpc) is 2.61. The molecular weight excluding hydrogens is 373 g/mol. The molecule has 8 heteroatoms. The van der Waals surface area contributed by atoms with Gasteiger partial charge in [-0.15, -0.1) is 0 Å². The van der Waals surface area contributed by atoms with Gasteiger partial charge in [-0.25, -0.2) is 9.18 Å². The van der Waals surface area contributed by atoms with Crippen LogP contribution in [0.5, 0.6) is 0 Å². The Bertz CT molecular complexity index is 815. The van der Waals surface area contributed by atoms with Crippen LogP contribution in [0.4, 0.5) is 26.2 Å². The summed E-state index contributed by atoms with van der Waals surface area (Å²) in [6.07, 6.45) is -0.537. The minimum atomic E-state index is -0.537. The van der Waals surface area contributed by atoms with Crippen molar-refractivity contribution in [1.82, 2.24) is 0 Å². The molecule has 0 atom stereocenters. The van der Waals surface area contributed by atoms with Crippen molar-refractivity contribution in [1.29, 1.82) is 0 Å². The molecule has 2 aromatic carbocycles. The van der Waals surface area contributed by atoms with Crippen molar-refractivity contribution in [3.05, 3.63) is 53.3 Å². The van der Waals surface area contributed by atoms with E-state index in [0.29, 0.717) is 23.7 Å². The second-order valence-corrected chi connectivity index (χ2v) is 6.63. The number of hydrogen-bond donors (Lipinski definition) is 3. The highest BCUT2D eigenvalue weighted by atomic mass is 35.5. The van der Waals surface area contributed by atoms with Gasteiger partial charge in [-0.3, -0.25) is 10.1 Å². The zero-order valence-electron chi connectivity index (χ0n) is 15.0. The van der Waals surface area contributed by atoms with Crippen LogP contribution in [0.25, 0.3) is 0 Å². The van der Waals surface area contributed by atoms with E-state index in [1.165, 1.54) is 12.1 Å². The molecule has 0 aliphatic heterocycles. The van der Waals surface area contributed by atoms with Crippen LogP contribution in [0.15, 0.2) is 42.5 Å². The first-order valence-electron chi connectivity index (χ1n) is 8.36. The topological polar surface area (TPSA) is 79.5 Å². The number of amides is 2. The van der Waals surface area contributed by atoms with Crippen LogP contribution in [-0.2, 0) is 9.53 Å². The standard InChI is InChI=1S/C19H21ClFN3O3/c1-12(2)11-27-19(26)23-15-5-3-4-14(9-15)22-10-18(25)24-17-7-6-13(21)8-16(17)20/h3-9,12,22H,10-11H2,1-2H3,(H,23,26)(H,24,25). The Hall–Kier alpha value is -2.80. The van der Waals surface area contributed by atoms with Crippen LogP contribution < -0.4 is 16.0 Å². The number of rotatable bonds is 7. The molecule has 0 unspecified atom stereocenters. The predicted molar refractivity (Wildman–Crippen MR) is 105 cm³/mol. The zero-order chi connectivity index (χ0) is 19.8. The van der Waals surface area contributed by atoms with Crippen molar-refractivity contribution >= 4 is 40.7 Å². The van der Waals surface area contributed by atoms with Crippen LogP contribution in [0.2, 0.25) is 5.02 Å². The molecule has 2 amide bonds. The van der Waals surface area contributed by atoms with Gasteiger partial charge in [0.25, 0.3) is 0 Å². The van der Waals surface area contributed by atoms with Gasteiger partial charge in [-0.2, -0.15) is 0 Å². The molecule has 0 saturated carbocycles. The van der Waals surface area contributed by atoms with E-state index in [4.69, 9.17) is 16.3 Å². The highest BCUT2D eigenvalue weighted by Gasteiger charge is 2.08. The molecule has 0 spiro atoms. The highest BCUT2D eigenvalue weighted by molar-refractivity contribution is 6.33. The molecule has 3 N–H and O–H groups in total. The van der Waals surface area contributed by atoms with Gasteiger partial charge in [0.1, 0.15) is 5.82 Å². The molecule has 0 aliphatic carbocycles. The summed E-state index contributed by atoms with van der Waals surface area (Å²) < 4.78 is 18.1. The first-order valence-corrected chi connectivity index (χ1v) is 8.74. The monoisotopic (exact) mass is 393 g/mol. The van der Waals surface area contributed by atoms with Crippen LogP contribution in [0.3, 0.4) is 0 Å². The Kier molecular flexibility index (Phi) is 7.43. The maximum Gasteiger partial charge on any atom is 0.411 e. The Morgan fingerprint density at radius 3 is 2.56 bits per heavy atom. The lowest BCUT2D eigenvalue weighted by Crippen LogP contribution is -2.22. The summed E-state index contributed by atoms with van der Waals surface area (Å²) in [5, 5.41) is 8.27. The van der Waals surface area contributed by atoms with E-state index in [-0.39, 0.29) is 23.4 Å². The predicted octanol–water partition coefficient (Wildman–Crippen LogP) is 4.73. The molecule has 27 heavy (non-hydrogen) atoms. The van der Waals surface area contributed by atoms with E-state index in [9.17, 15) is 14.0 Å². The first-order chi connectivity index (χ1) is 12.8. The van der Waals surface area contributed by atoms with Crippen molar-refractivity contribution < 1.29 is 18.7 Å². The molecule has 0 aliphatic rings. The van der Waals surface area contributed by atoms with Gasteiger partial charge in [0.15, 0.2) is 0 Å². The normalized spacial score (nSPS) is 10.4. The summed E-state index contributed by atoms with van der Waals surface area (Å²) in [4.78, 5) is 23.7. The maximum absolute atomic E-state index is 13.0. The van der Waals surface area contributed by atoms with Crippen LogP contribution >= 0.6 is 11.6 Å². The Morgan fingerprint density at radius 2 is 1.85 bits per heavy atom. The van der Waals surface area contributed by atoms with E-state index in [2.05, 4.69) is 16.0 Å². The van der Waals surface area contributed by atoms with E-state index in [1.54, 1.807) is 24.3 Å². The molecule has 0 saturated heterocycles. The number of anilines is 3. The zero-order valence-corrected chi connectivity index (χ0v) is 15.8. The van der Waals surface area contributed by atoms with Gasteiger partial charge < -0.3 is 15.4 Å². The van der Waals surface area contributed by atoms with Gasteiger partial charge in [-0.1, -0.05) is 31.5 Å². The molecule has 6 nitrogen and oxygen atoms in total. The number of carbonyl (C=O) groups excluding carboxylic acids is 2. The summed E-state index contributed by atoms with van der Waals surface area (Å²) in [5.74, 6) is -0.581. The first kappa shape index (κ1) is 20.5. The van der Waals surface area contributed by atoms with Gasteiger partial charge in [0.2, 0.25) is 5.91 Å². The number of hydrogen-bond acceptors (Lipinski definition) is 4. The third-order valence-corrected chi connectivity index (χ3v) is 3.63. The number of halogens is 2. The molecule has 0 aromatic heterocycles. The van der Waals surface area contributed by atoms with Crippen molar-refractivity contribution in [2.45, 2.75) is 13.8 Å². The number of carbonyl (C=O) groups is 2. The SMILES string of the molecule is CC(C)COC(=O)Nc1cccc(NCC(=O)Nc2ccc(F)cc2Cl)c1. The second kappa shape index (κ2) is 9.78. The molecule has 144 valence electrons. The van der Waals surface area contributed by atoms with Crippen molar-refractivity contribution in [3.8, 4) is 0 Å². The van der Waals surface area contributed by atoms with Crippen molar-refractivity contribution in [3.63, 3.8) is 0 Å². The number of benzene rings is 2. The lowest BCUT2D eigenvalue weighted by Gasteiger charge is -2.11. The molecule has 0 bridgehead atoms. The molecule has 0 heterocycles. The molecule has 0 radical (unpaired) electrons. The summed E-state index contributed by atoms with van der Waals surface area (Å²) in [6, 6.07) is 10.6. The lowest BCUT2D eigenvalue weighted by molar-refractivity contribution is -0.114. The number of ether oxygens (including phenoxy) is 1.